The van der Waals surface area contributed by atoms with Crippen LogP contribution in [0.5, 0.6) is 5.75 Å². The SMILES string of the molecule is CC(O)CC(C)CNC(=O)COc1ccccc1F. The summed E-state index contributed by atoms with van der Waals surface area (Å²) < 4.78 is 18.3. The monoisotopic (exact) mass is 269 g/mol. The molecule has 0 aliphatic rings. The molecule has 0 bridgehead atoms. The lowest BCUT2D eigenvalue weighted by atomic mass is 10.1. The zero-order valence-electron chi connectivity index (χ0n) is 11.2. The van der Waals surface area contributed by atoms with Crippen molar-refractivity contribution in [3.63, 3.8) is 0 Å². The number of nitrogens with one attached hydrogen (secondary N) is 1. The lowest BCUT2D eigenvalue weighted by Crippen LogP contribution is -2.33. The fraction of sp³-hybridized carbons (Fsp3) is 0.500. The van der Waals surface area contributed by atoms with E-state index in [2.05, 4.69) is 5.32 Å². The van der Waals surface area contributed by atoms with Crippen molar-refractivity contribution >= 4 is 5.91 Å². The normalized spacial score (nSPS) is 13.7. The van der Waals surface area contributed by atoms with Gasteiger partial charge in [0.15, 0.2) is 18.2 Å². The highest BCUT2D eigenvalue weighted by Gasteiger charge is 2.09. The summed E-state index contributed by atoms with van der Waals surface area (Å²) in [6.07, 6.45) is 0.232. The molecule has 0 heterocycles. The van der Waals surface area contributed by atoms with Gasteiger partial charge in [-0.3, -0.25) is 4.79 Å². The van der Waals surface area contributed by atoms with Crippen LogP contribution >= 0.6 is 0 Å². The number of rotatable bonds is 7. The Kier molecular flexibility index (Phi) is 6.29. The predicted octanol–water partition coefficient (Wildman–Crippen LogP) is 1.73. The number of aliphatic hydroxyl groups excluding tert-OH is 1. The maximum atomic E-state index is 13.2. The van der Waals surface area contributed by atoms with Crippen LogP contribution in [0, 0.1) is 11.7 Å². The van der Waals surface area contributed by atoms with Gasteiger partial charge in [0.2, 0.25) is 0 Å². The molecule has 1 aromatic rings. The first-order chi connectivity index (χ1) is 8.99. The van der Waals surface area contributed by atoms with Crippen LogP contribution in [0.4, 0.5) is 4.39 Å². The molecule has 106 valence electrons. The van der Waals surface area contributed by atoms with E-state index in [4.69, 9.17) is 4.74 Å². The summed E-state index contributed by atoms with van der Waals surface area (Å²) in [6.45, 7) is 3.89. The Labute approximate surface area is 112 Å². The highest BCUT2D eigenvalue weighted by molar-refractivity contribution is 5.77. The number of amides is 1. The van der Waals surface area contributed by atoms with Crippen LogP contribution in [0.15, 0.2) is 24.3 Å². The van der Waals surface area contributed by atoms with Crippen molar-refractivity contribution in [2.75, 3.05) is 13.2 Å². The summed E-state index contributed by atoms with van der Waals surface area (Å²) >= 11 is 0. The summed E-state index contributed by atoms with van der Waals surface area (Å²) in [7, 11) is 0. The van der Waals surface area contributed by atoms with E-state index >= 15 is 0 Å². The molecule has 0 aromatic heterocycles. The Morgan fingerprint density at radius 3 is 2.74 bits per heavy atom. The molecule has 0 saturated heterocycles. The summed E-state index contributed by atoms with van der Waals surface area (Å²) in [5.74, 6) is -0.550. The van der Waals surface area contributed by atoms with E-state index in [1.165, 1.54) is 12.1 Å². The summed E-state index contributed by atoms with van der Waals surface area (Å²) in [4.78, 5) is 11.5. The predicted molar refractivity (Wildman–Crippen MR) is 70.4 cm³/mol. The van der Waals surface area contributed by atoms with E-state index < -0.39 is 5.82 Å². The molecule has 0 spiro atoms. The number of carbonyl (C=O) groups excluding carboxylic acids is 1. The summed E-state index contributed by atoms with van der Waals surface area (Å²) in [5.41, 5.74) is 0. The van der Waals surface area contributed by atoms with Crippen LogP contribution in [0.25, 0.3) is 0 Å². The number of aliphatic hydroxyl groups is 1. The van der Waals surface area contributed by atoms with Crippen LogP contribution in [-0.2, 0) is 4.79 Å². The fourth-order valence-corrected chi connectivity index (χ4v) is 1.71. The number of hydrogen-bond acceptors (Lipinski definition) is 3. The summed E-state index contributed by atoms with van der Waals surface area (Å²) in [6, 6.07) is 5.94. The van der Waals surface area contributed by atoms with Crippen LogP contribution in [-0.4, -0.2) is 30.3 Å². The van der Waals surface area contributed by atoms with Crippen LogP contribution in [0.2, 0.25) is 0 Å². The second-order valence-corrected chi connectivity index (χ2v) is 4.71. The molecule has 2 unspecified atom stereocenters. The fourth-order valence-electron chi connectivity index (χ4n) is 1.71. The number of benzene rings is 1. The molecular weight excluding hydrogens is 249 g/mol. The van der Waals surface area contributed by atoms with Gasteiger partial charge in [0.25, 0.3) is 5.91 Å². The average molecular weight is 269 g/mol. The van der Waals surface area contributed by atoms with E-state index in [1.54, 1.807) is 19.1 Å². The first kappa shape index (κ1) is 15.4. The van der Waals surface area contributed by atoms with Gasteiger partial charge in [-0.25, -0.2) is 4.39 Å². The van der Waals surface area contributed by atoms with Crippen molar-refractivity contribution in [3.8, 4) is 5.75 Å². The Morgan fingerprint density at radius 1 is 1.42 bits per heavy atom. The van der Waals surface area contributed by atoms with Gasteiger partial charge >= 0.3 is 0 Å². The number of hydrogen-bond donors (Lipinski definition) is 2. The van der Waals surface area contributed by atoms with Crippen molar-refractivity contribution in [1.29, 1.82) is 0 Å². The third-order valence-electron chi connectivity index (χ3n) is 2.59. The number of carbonyl (C=O) groups is 1. The second-order valence-electron chi connectivity index (χ2n) is 4.71. The van der Waals surface area contributed by atoms with Crippen LogP contribution < -0.4 is 10.1 Å². The molecule has 0 aliphatic carbocycles. The highest BCUT2D eigenvalue weighted by atomic mass is 19.1. The molecule has 2 atom stereocenters. The van der Waals surface area contributed by atoms with Crippen molar-refractivity contribution in [2.45, 2.75) is 26.4 Å². The minimum atomic E-state index is -0.488. The Hall–Kier alpha value is -1.62. The number of para-hydroxylation sites is 1. The van der Waals surface area contributed by atoms with E-state index in [-0.39, 0.29) is 30.3 Å². The molecular formula is C14H20FNO3. The smallest absolute Gasteiger partial charge is 0.257 e. The highest BCUT2D eigenvalue weighted by Crippen LogP contribution is 2.14. The van der Waals surface area contributed by atoms with Crippen molar-refractivity contribution in [1.82, 2.24) is 5.32 Å². The van der Waals surface area contributed by atoms with Gasteiger partial charge in [-0.1, -0.05) is 19.1 Å². The third kappa shape index (κ3) is 6.20. The Morgan fingerprint density at radius 2 is 2.11 bits per heavy atom. The van der Waals surface area contributed by atoms with Crippen molar-refractivity contribution in [2.24, 2.45) is 5.92 Å². The van der Waals surface area contributed by atoms with Crippen LogP contribution in [0.1, 0.15) is 20.3 Å². The Bertz CT molecular complexity index is 409. The molecule has 0 aliphatic heterocycles. The lowest BCUT2D eigenvalue weighted by molar-refractivity contribution is -0.123. The van der Waals surface area contributed by atoms with E-state index in [1.807, 2.05) is 6.92 Å². The molecule has 1 rings (SSSR count). The molecule has 2 N–H and O–H groups in total. The minimum absolute atomic E-state index is 0.0645. The maximum absolute atomic E-state index is 13.2. The van der Waals surface area contributed by atoms with Crippen molar-refractivity contribution < 1.29 is 19.0 Å². The maximum Gasteiger partial charge on any atom is 0.257 e. The average Bonchev–Trinajstić information content (AvgIpc) is 2.34. The molecule has 0 fully saturated rings. The zero-order chi connectivity index (χ0) is 14.3. The minimum Gasteiger partial charge on any atom is -0.481 e. The molecule has 1 amide bonds. The van der Waals surface area contributed by atoms with Gasteiger partial charge in [-0.05, 0) is 31.4 Å². The molecule has 1 aromatic carbocycles. The molecule has 0 saturated carbocycles. The largest absolute Gasteiger partial charge is 0.481 e. The zero-order valence-corrected chi connectivity index (χ0v) is 11.2. The van der Waals surface area contributed by atoms with Crippen molar-refractivity contribution in [3.05, 3.63) is 30.1 Å². The molecule has 19 heavy (non-hydrogen) atoms. The quantitative estimate of drug-likeness (QED) is 0.792. The topological polar surface area (TPSA) is 58.6 Å². The van der Waals surface area contributed by atoms with E-state index in [0.29, 0.717) is 13.0 Å². The standard InChI is InChI=1S/C14H20FNO3/c1-10(7-11(2)17)8-16-14(18)9-19-13-6-4-3-5-12(13)15/h3-6,10-11,17H,7-9H2,1-2H3,(H,16,18). The number of halogens is 1. The lowest BCUT2D eigenvalue weighted by Gasteiger charge is -2.14. The molecule has 5 heteroatoms. The van der Waals surface area contributed by atoms with Gasteiger partial charge < -0.3 is 15.2 Å². The van der Waals surface area contributed by atoms with E-state index in [9.17, 15) is 14.3 Å². The third-order valence-corrected chi connectivity index (χ3v) is 2.59. The first-order valence-corrected chi connectivity index (χ1v) is 6.31. The molecule has 4 nitrogen and oxygen atoms in total. The van der Waals surface area contributed by atoms with Gasteiger partial charge in [0.1, 0.15) is 0 Å². The second kappa shape index (κ2) is 7.74. The van der Waals surface area contributed by atoms with Gasteiger partial charge in [-0.15, -0.1) is 0 Å². The van der Waals surface area contributed by atoms with Gasteiger partial charge in [0, 0.05) is 6.54 Å². The van der Waals surface area contributed by atoms with E-state index in [0.717, 1.165) is 0 Å². The van der Waals surface area contributed by atoms with Gasteiger partial charge in [-0.2, -0.15) is 0 Å². The first-order valence-electron chi connectivity index (χ1n) is 6.31. The Balaban J connectivity index is 2.27. The summed E-state index contributed by atoms with van der Waals surface area (Å²) in [5, 5.41) is 11.9. The van der Waals surface area contributed by atoms with Gasteiger partial charge in [0.05, 0.1) is 6.10 Å². The van der Waals surface area contributed by atoms with Crippen LogP contribution in [0.3, 0.4) is 0 Å². The number of ether oxygens (including phenoxy) is 1. The molecule has 0 radical (unpaired) electrons.